The van der Waals surface area contributed by atoms with Crippen LogP contribution in [0.5, 0.6) is 5.75 Å². The Kier molecular flexibility index (Phi) is 6.41. The number of hydrogen-bond donors (Lipinski definition) is 2. The molecule has 0 spiro atoms. The topological polar surface area (TPSA) is 132 Å². The molecule has 1 aliphatic rings. The van der Waals surface area contributed by atoms with Crippen LogP contribution in [0.15, 0.2) is 42.7 Å². The Bertz CT molecular complexity index is 974. The van der Waals surface area contributed by atoms with E-state index in [-0.39, 0.29) is 17.3 Å². The molecule has 1 aromatic heterocycles. The Labute approximate surface area is 173 Å². The SMILES string of the molecule is CC(=O)Oc1ccc([C@@H]2CCCCN2C(=O)C(=O)Nc2cncc(C(N)=O)c2)cc1. The number of pyridine rings is 1. The number of anilines is 1. The van der Waals surface area contributed by atoms with Crippen LogP contribution < -0.4 is 15.8 Å². The highest BCUT2D eigenvalue weighted by Gasteiger charge is 2.32. The first-order valence-electron chi connectivity index (χ1n) is 9.50. The maximum atomic E-state index is 12.8. The van der Waals surface area contributed by atoms with E-state index < -0.39 is 23.7 Å². The summed E-state index contributed by atoms with van der Waals surface area (Å²) in [5.41, 5.74) is 6.41. The van der Waals surface area contributed by atoms with Gasteiger partial charge in [-0.2, -0.15) is 0 Å². The zero-order valence-corrected chi connectivity index (χ0v) is 16.5. The normalized spacial score (nSPS) is 15.9. The smallest absolute Gasteiger partial charge is 0.313 e. The van der Waals surface area contributed by atoms with Crippen LogP contribution in [0, 0.1) is 0 Å². The number of nitrogens with two attached hydrogens (primary N) is 1. The summed E-state index contributed by atoms with van der Waals surface area (Å²) in [6.07, 6.45) is 5.04. The van der Waals surface area contributed by atoms with Crippen molar-refractivity contribution in [3.8, 4) is 5.75 Å². The van der Waals surface area contributed by atoms with E-state index in [1.807, 2.05) is 0 Å². The summed E-state index contributed by atoms with van der Waals surface area (Å²) in [5.74, 6) is -2.17. The van der Waals surface area contributed by atoms with Crippen molar-refractivity contribution in [2.75, 3.05) is 11.9 Å². The van der Waals surface area contributed by atoms with Crippen LogP contribution in [0.1, 0.15) is 48.1 Å². The van der Waals surface area contributed by atoms with Crippen molar-refractivity contribution in [2.45, 2.75) is 32.2 Å². The van der Waals surface area contributed by atoms with Gasteiger partial charge in [0.1, 0.15) is 5.75 Å². The number of amides is 3. The minimum atomic E-state index is -0.818. The molecular formula is C21H22N4O5. The molecule has 0 unspecified atom stereocenters. The molecule has 0 bridgehead atoms. The number of primary amides is 1. The van der Waals surface area contributed by atoms with Gasteiger partial charge in [0.2, 0.25) is 5.91 Å². The predicted molar refractivity (Wildman–Crippen MR) is 107 cm³/mol. The summed E-state index contributed by atoms with van der Waals surface area (Å²) in [4.78, 5) is 53.1. The molecule has 1 atom stereocenters. The molecule has 3 amide bonds. The number of benzene rings is 1. The summed E-state index contributed by atoms with van der Waals surface area (Å²) in [6.45, 7) is 1.77. The number of nitrogens with zero attached hydrogens (tertiary/aromatic N) is 2. The number of nitrogens with one attached hydrogen (secondary N) is 1. The van der Waals surface area contributed by atoms with Crippen LogP contribution >= 0.6 is 0 Å². The zero-order valence-electron chi connectivity index (χ0n) is 16.5. The summed E-state index contributed by atoms with van der Waals surface area (Å²) in [7, 11) is 0. The van der Waals surface area contributed by atoms with Crippen LogP contribution in [0.4, 0.5) is 5.69 Å². The fraction of sp³-hybridized carbons (Fsp3) is 0.286. The molecule has 9 heteroatoms. The second kappa shape index (κ2) is 9.17. The van der Waals surface area contributed by atoms with Gasteiger partial charge in [-0.15, -0.1) is 0 Å². The van der Waals surface area contributed by atoms with Gasteiger partial charge in [0.05, 0.1) is 23.5 Å². The predicted octanol–water partition coefficient (Wildman–Crippen LogP) is 1.80. The molecule has 156 valence electrons. The number of likely N-dealkylation sites (tertiary alicyclic amines) is 1. The van der Waals surface area contributed by atoms with Crippen molar-refractivity contribution < 1.29 is 23.9 Å². The van der Waals surface area contributed by atoms with Gasteiger partial charge in [0.25, 0.3) is 0 Å². The van der Waals surface area contributed by atoms with E-state index in [4.69, 9.17) is 10.5 Å². The molecule has 0 saturated carbocycles. The third kappa shape index (κ3) is 4.99. The minimum absolute atomic E-state index is 0.129. The van der Waals surface area contributed by atoms with Gasteiger partial charge in [-0.3, -0.25) is 24.2 Å². The van der Waals surface area contributed by atoms with E-state index in [1.165, 1.54) is 30.3 Å². The average molecular weight is 410 g/mol. The van der Waals surface area contributed by atoms with Crippen LogP contribution in [0.25, 0.3) is 0 Å². The summed E-state index contributed by atoms with van der Waals surface area (Å²) in [5, 5.41) is 2.48. The molecule has 0 radical (unpaired) electrons. The number of ether oxygens (including phenoxy) is 1. The second-order valence-corrected chi connectivity index (χ2v) is 6.95. The Balaban J connectivity index is 1.74. The summed E-state index contributed by atoms with van der Waals surface area (Å²) >= 11 is 0. The molecule has 1 saturated heterocycles. The quantitative estimate of drug-likeness (QED) is 0.449. The van der Waals surface area contributed by atoms with Crippen LogP contribution in [-0.2, 0) is 14.4 Å². The number of aromatic nitrogens is 1. The number of hydrogen-bond acceptors (Lipinski definition) is 6. The third-order valence-electron chi connectivity index (χ3n) is 4.76. The minimum Gasteiger partial charge on any atom is -0.427 e. The molecule has 1 aliphatic heterocycles. The van der Waals surface area contributed by atoms with Crippen LogP contribution in [-0.4, -0.2) is 40.1 Å². The monoisotopic (exact) mass is 410 g/mol. The Morgan fingerprint density at radius 2 is 1.87 bits per heavy atom. The van der Waals surface area contributed by atoms with Gasteiger partial charge >= 0.3 is 17.8 Å². The first-order chi connectivity index (χ1) is 14.3. The first kappa shape index (κ1) is 21.0. The lowest BCUT2D eigenvalue weighted by molar-refractivity contribution is -0.145. The molecule has 2 aromatic rings. The Hall–Kier alpha value is -3.75. The number of esters is 1. The van der Waals surface area contributed by atoms with Crippen molar-refractivity contribution in [3.05, 3.63) is 53.9 Å². The van der Waals surface area contributed by atoms with Crippen molar-refractivity contribution in [1.82, 2.24) is 9.88 Å². The van der Waals surface area contributed by atoms with Crippen molar-refractivity contribution in [3.63, 3.8) is 0 Å². The highest BCUT2D eigenvalue weighted by molar-refractivity contribution is 6.39. The fourth-order valence-electron chi connectivity index (χ4n) is 3.40. The highest BCUT2D eigenvalue weighted by atomic mass is 16.5. The number of piperidine rings is 1. The Morgan fingerprint density at radius 1 is 1.13 bits per heavy atom. The first-order valence-corrected chi connectivity index (χ1v) is 9.50. The van der Waals surface area contributed by atoms with Gasteiger partial charge in [0, 0.05) is 19.7 Å². The standard InChI is InChI=1S/C21H22N4O5/c1-13(26)30-17-7-5-14(6-8-17)18-4-2-3-9-25(18)21(29)20(28)24-16-10-15(19(22)27)11-23-12-16/h5-8,10-12,18H,2-4,9H2,1H3,(H2,22,27)(H,24,28)/t18-/m0/s1. The number of carbonyl (C=O) groups excluding carboxylic acids is 4. The molecular weight excluding hydrogens is 388 g/mol. The van der Waals surface area contributed by atoms with Crippen LogP contribution in [0.2, 0.25) is 0 Å². The molecule has 30 heavy (non-hydrogen) atoms. The molecule has 3 rings (SSSR count). The van der Waals surface area contributed by atoms with E-state index >= 15 is 0 Å². The van der Waals surface area contributed by atoms with E-state index in [2.05, 4.69) is 10.3 Å². The van der Waals surface area contributed by atoms with E-state index in [0.717, 1.165) is 18.4 Å². The molecule has 9 nitrogen and oxygen atoms in total. The molecule has 0 aliphatic carbocycles. The average Bonchev–Trinajstić information content (AvgIpc) is 2.73. The van der Waals surface area contributed by atoms with E-state index in [0.29, 0.717) is 18.7 Å². The lowest BCUT2D eigenvalue weighted by atomic mass is 9.95. The molecule has 3 N–H and O–H groups in total. The van der Waals surface area contributed by atoms with E-state index in [9.17, 15) is 19.2 Å². The lowest BCUT2D eigenvalue weighted by Crippen LogP contribution is -2.44. The zero-order chi connectivity index (χ0) is 21.7. The second-order valence-electron chi connectivity index (χ2n) is 6.95. The van der Waals surface area contributed by atoms with Gasteiger partial charge in [-0.25, -0.2) is 0 Å². The third-order valence-corrected chi connectivity index (χ3v) is 4.76. The molecule has 2 heterocycles. The van der Waals surface area contributed by atoms with Gasteiger partial charge < -0.3 is 20.7 Å². The van der Waals surface area contributed by atoms with Crippen molar-refractivity contribution >= 4 is 29.4 Å². The molecule has 1 fully saturated rings. The largest absolute Gasteiger partial charge is 0.427 e. The van der Waals surface area contributed by atoms with Crippen molar-refractivity contribution in [1.29, 1.82) is 0 Å². The van der Waals surface area contributed by atoms with Gasteiger partial charge in [0.15, 0.2) is 0 Å². The number of rotatable bonds is 4. The fourth-order valence-corrected chi connectivity index (χ4v) is 3.40. The highest BCUT2D eigenvalue weighted by Crippen LogP contribution is 2.32. The van der Waals surface area contributed by atoms with Gasteiger partial charge in [-0.1, -0.05) is 12.1 Å². The maximum Gasteiger partial charge on any atom is 0.313 e. The maximum absolute atomic E-state index is 12.8. The van der Waals surface area contributed by atoms with Crippen LogP contribution in [0.3, 0.4) is 0 Å². The van der Waals surface area contributed by atoms with E-state index in [1.54, 1.807) is 24.3 Å². The summed E-state index contributed by atoms with van der Waals surface area (Å²) in [6, 6.07) is 7.99. The van der Waals surface area contributed by atoms with Gasteiger partial charge in [-0.05, 0) is 43.0 Å². The number of carbonyl (C=O) groups is 4. The Morgan fingerprint density at radius 3 is 2.53 bits per heavy atom. The summed E-state index contributed by atoms with van der Waals surface area (Å²) < 4.78 is 5.04. The molecule has 1 aromatic carbocycles. The lowest BCUT2D eigenvalue weighted by Gasteiger charge is -2.35. The van der Waals surface area contributed by atoms with Crippen molar-refractivity contribution in [2.24, 2.45) is 5.73 Å².